The summed E-state index contributed by atoms with van der Waals surface area (Å²) in [4.78, 5) is 12.5. The average Bonchev–Trinajstić information content (AvgIpc) is 2.97. The first-order chi connectivity index (χ1) is 9.57. The Morgan fingerprint density at radius 1 is 1.35 bits per heavy atom. The molecule has 1 saturated carbocycles. The molecule has 2 fully saturated rings. The quantitative estimate of drug-likeness (QED) is 0.503. The van der Waals surface area contributed by atoms with Gasteiger partial charge in [0.25, 0.3) is 0 Å². The summed E-state index contributed by atoms with van der Waals surface area (Å²) in [7, 11) is 0. The highest BCUT2D eigenvalue weighted by atomic mass is 16.6. The van der Waals surface area contributed by atoms with Gasteiger partial charge in [-0.15, -0.1) is 0 Å². The number of carbonyl (C=O) groups excluding carboxylic acids is 1. The number of hydrogen-bond acceptors (Lipinski definition) is 4. The molecule has 5 atom stereocenters. The minimum Gasteiger partial charge on any atom is -0.459 e. The van der Waals surface area contributed by atoms with Crippen LogP contribution >= 0.6 is 0 Å². The fourth-order valence-electron chi connectivity index (χ4n) is 5.17. The number of esters is 1. The van der Waals surface area contributed by atoms with Gasteiger partial charge >= 0.3 is 5.97 Å². The van der Waals surface area contributed by atoms with Crippen LogP contribution in [0.3, 0.4) is 0 Å². The smallest absolute Gasteiger partial charge is 0.336 e. The summed E-state index contributed by atoms with van der Waals surface area (Å²) in [5.41, 5.74) is 1.07. The zero-order chi connectivity index (χ0) is 14.0. The second-order valence-corrected chi connectivity index (χ2v) is 7.27. The standard InChI is InChI=1S/C16H22N2O2/c1-10-4-3-6-15(2)7-5-11-13(12(10)15)20-14(19)16(11)8-9-17-18-16/h4,11-13H,3,5-9H2,1-2H3/t11?,12-,13+,15-,16+/m1/s1. The molecule has 2 aliphatic carbocycles. The predicted molar refractivity (Wildman–Crippen MR) is 74.3 cm³/mol. The van der Waals surface area contributed by atoms with Crippen LogP contribution in [0.25, 0.3) is 0 Å². The van der Waals surface area contributed by atoms with E-state index in [9.17, 15) is 4.79 Å². The van der Waals surface area contributed by atoms with E-state index in [-0.39, 0.29) is 18.0 Å². The van der Waals surface area contributed by atoms with E-state index in [4.69, 9.17) is 4.74 Å². The summed E-state index contributed by atoms with van der Waals surface area (Å²) >= 11 is 0. The van der Waals surface area contributed by atoms with Gasteiger partial charge in [-0.3, -0.25) is 0 Å². The van der Waals surface area contributed by atoms with E-state index in [0.29, 0.717) is 17.9 Å². The van der Waals surface area contributed by atoms with Crippen LogP contribution in [-0.4, -0.2) is 24.2 Å². The van der Waals surface area contributed by atoms with E-state index in [1.807, 2.05) is 0 Å². The predicted octanol–water partition coefficient (Wildman–Crippen LogP) is 3.28. The molecular weight excluding hydrogens is 252 g/mol. The number of nitrogens with zero attached hydrogens (tertiary/aromatic N) is 2. The maximum atomic E-state index is 12.5. The van der Waals surface area contributed by atoms with E-state index in [2.05, 4.69) is 30.2 Å². The van der Waals surface area contributed by atoms with Crippen LogP contribution in [-0.2, 0) is 9.53 Å². The molecule has 4 heteroatoms. The summed E-state index contributed by atoms with van der Waals surface area (Å²) in [5, 5.41) is 8.46. The van der Waals surface area contributed by atoms with E-state index in [1.165, 1.54) is 18.4 Å². The molecule has 4 aliphatic rings. The van der Waals surface area contributed by atoms with Crippen LogP contribution in [0.2, 0.25) is 0 Å². The highest BCUT2D eigenvalue weighted by molar-refractivity contribution is 5.84. The van der Waals surface area contributed by atoms with Crippen molar-refractivity contribution in [3.63, 3.8) is 0 Å². The number of carbonyl (C=O) groups is 1. The molecule has 2 heterocycles. The minimum absolute atomic E-state index is 0.0230. The summed E-state index contributed by atoms with van der Waals surface area (Å²) < 4.78 is 5.87. The second-order valence-electron chi connectivity index (χ2n) is 7.27. The molecule has 108 valence electrons. The molecule has 2 aliphatic heterocycles. The van der Waals surface area contributed by atoms with Crippen molar-refractivity contribution in [2.75, 3.05) is 6.54 Å². The Bertz CT molecular complexity index is 527. The van der Waals surface area contributed by atoms with Crippen LogP contribution < -0.4 is 0 Å². The molecule has 0 aromatic heterocycles. The van der Waals surface area contributed by atoms with E-state index < -0.39 is 5.54 Å². The SMILES string of the molecule is CC1=CCC[C@]2(C)CCC3[C@H](OC(=O)[C@]34CCN=N4)[C@@H]12. The molecule has 1 saturated heterocycles. The highest BCUT2D eigenvalue weighted by Crippen LogP contribution is 2.59. The summed E-state index contributed by atoms with van der Waals surface area (Å²) in [6.07, 6.45) is 7.71. The molecule has 1 unspecified atom stereocenters. The van der Waals surface area contributed by atoms with Crippen molar-refractivity contribution in [2.45, 2.75) is 57.6 Å². The minimum atomic E-state index is -0.635. The first-order valence-electron chi connectivity index (χ1n) is 7.83. The third kappa shape index (κ3) is 1.40. The van der Waals surface area contributed by atoms with Crippen molar-refractivity contribution in [1.82, 2.24) is 0 Å². The van der Waals surface area contributed by atoms with Crippen LogP contribution in [0.15, 0.2) is 21.9 Å². The Kier molecular flexibility index (Phi) is 2.46. The van der Waals surface area contributed by atoms with Crippen LogP contribution in [0.5, 0.6) is 0 Å². The van der Waals surface area contributed by atoms with Gasteiger partial charge in [0, 0.05) is 18.3 Å². The first-order valence-corrected chi connectivity index (χ1v) is 7.83. The zero-order valence-corrected chi connectivity index (χ0v) is 12.3. The van der Waals surface area contributed by atoms with E-state index in [0.717, 1.165) is 19.3 Å². The lowest BCUT2D eigenvalue weighted by Gasteiger charge is -2.50. The zero-order valence-electron chi connectivity index (χ0n) is 12.3. The molecule has 20 heavy (non-hydrogen) atoms. The lowest BCUT2D eigenvalue weighted by molar-refractivity contribution is -0.148. The molecular formula is C16H22N2O2. The van der Waals surface area contributed by atoms with Crippen molar-refractivity contribution >= 4 is 5.97 Å². The monoisotopic (exact) mass is 274 g/mol. The number of azo groups is 1. The van der Waals surface area contributed by atoms with E-state index >= 15 is 0 Å². The third-order valence-corrected chi connectivity index (χ3v) is 6.23. The van der Waals surface area contributed by atoms with Crippen molar-refractivity contribution in [3.8, 4) is 0 Å². The van der Waals surface area contributed by atoms with Crippen LogP contribution in [0.4, 0.5) is 0 Å². The van der Waals surface area contributed by atoms with Crippen molar-refractivity contribution in [2.24, 2.45) is 27.5 Å². The molecule has 0 radical (unpaired) electrons. The van der Waals surface area contributed by atoms with Gasteiger partial charge in [-0.25, -0.2) is 4.79 Å². The molecule has 0 N–H and O–H groups in total. The molecule has 0 aromatic rings. The Hall–Kier alpha value is -1.19. The maximum absolute atomic E-state index is 12.5. The highest BCUT2D eigenvalue weighted by Gasteiger charge is 2.65. The summed E-state index contributed by atoms with van der Waals surface area (Å²) in [6.45, 7) is 5.26. The van der Waals surface area contributed by atoms with Crippen molar-refractivity contribution < 1.29 is 9.53 Å². The normalized spacial score (nSPS) is 49.8. The fraction of sp³-hybridized carbons (Fsp3) is 0.812. The number of fused-ring (bicyclic) bond motifs is 4. The van der Waals surface area contributed by atoms with Gasteiger partial charge in [-0.2, -0.15) is 10.2 Å². The maximum Gasteiger partial charge on any atom is 0.336 e. The number of hydrogen-bond donors (Lipinski definition) is 0. The summed E-state index contributed by atoms with van der Waals surface area (Å²) in [6, 6.07) is 0. The number of ether oxygens (including phenoxy) is 1. The topological polar surface area (TPSA) is 51.0 Å². The van der Waals surface area contributed by atoms with Crippen molar-refractivity contribution in [3.05, 3.63) is 11.6 Å². The Morgan fingerprint density at radius 2 is 2.20 bits per heavy atom. The van der Waals surface area contributed by atoms with Gasteiger partial charge in [0.05, 0.1) is 6.54 Å². The Labute approximate surface area is 119 Å². The third-order valence-electron chi connectivity index (χ3n) is 6.23. The molecule has 0 bridgehead atoms. The van der Waals surface area contributed by atoms with Gasteiger partial charge in [-0.05, 0) is 38.0 Å². The summed E-state index contributed by atoms with van der Waals surface area (Å²) in [5.74, 6) is 0.506. The molecule has 0 aromatic carbocycles. The van der Waals surface area contributed by atoms with Gasteiger partial charge < -0.3 is 4.74 Å². The van der Waals surface area contributed by atoms with E-state index in [1.54, 1.807) is 0 Å². The second kappa shape index (κ2) is 3.92. The molecule has 1 spiro atoms. The average molecular weight is 274 g/mol. The number of rotatable bonds is 0. The van der Waals surface area contributed by atoms with Crippen LogP contribution in [0, 0.1) is 17.3 Å². The molecule has 4 nitrogen and oxygen atoms in total. The van der Waals surface area contributed by atoms with Crippen LogP contribution in [0.1, 0.15) is 46.0 Å². The molecule has 4 rings (SSSR count). The lowest BCUT2D eigenvalue weighted by atomic mass is 9.55. The van der Waals surface area contributed by atoms with Gasteiger partial charge in [0.2, 0.25) is 0 Å². The van der Waals surface area contributed by atoms with Gasteiger partial charge in [0.1, 0.15) is 6.10 Å². The number of allylic oxidation sites excluding steroid dienone is 1. The lowest BCUT2D eigenvalue weighted by Crippen LogP contribution is -2.49. The Balaban J connectivity index is 1.76. The largest absolute Gasteiger partial charge is 0.459 e. The van der Waals surface area contributed by atoms with Crippen molar-refractivity contribution in [1.29, 1.82) is 0 Å². The fourth-order valence-corrected chi connectivity index (χ4v) is 5.17. The van der Waals surface area contributed by atoms with Gasteiger partial charge in [0.15, 0.2) is 5.54 Å². The van der Waals surface area contributed by atoms with Gasteiger partial charge in [-0.1, -0.05) is 18.6 Å². The Morgan fingerprint density at radius 3 is 2.95 bits per heavy atom. The first kappa shape index (κ1) is 12.5. The molecule has 0 amide bonds.